The van der Waals surface area contributed by atoms with E-state index in [2.05, 4.69) is 5.32 Å². The molecule has 1 aromatic carbocycles. The van der Waals surface area contributed by atoms with Gasteiger partial charge in [0.1, 0.15) is 5.82 Å². The van der Waals surface area contributed by atoms with Gasteiger partial charge in [-0.2, -0.15) is 0 Å². The molecule has 0 atom stereocenters. The van der Waals surface area contributed by atoms with E-state index in [1.807, 2.05) is 0 Å². The molecule has 2 nitrogen and oxygen atoms in total. The van der Waals surface area contributed by atoms with Crippen LogP contribution in [0.25, 0.3) is 0 Å². The number of rotatable bonds is 4. The molecule has 0 heterocycles. The number of nitrogens with one attached hydrogen (secondary N) is 1. The zero-order chi connectivity index (χ0) is 13.0. The third kappa shape index (κ3) is 3.15. The lowest BCUT2D eigenvalue weighted by molar-refractivity contribution is 0.0944. The molecule has 1 fully saturated rings. The predicted octanol–water partition coefficient (Wildman–Crippen LogP) is 3.83. The highest BCUT2D eigenvalue weighted by atomic mass is 35.5. The van der Waals surface area contributed by atoms with Crippen LogP contribution in [0.3, 0.4) is 0 Å². The van der Waals surface area contributed by atoms with E-state index in [0.717, 1.165) is 31.4 Å². The Balaban J connectivity index is 1.98. The van der Waals surface area contributed by atoms with Gasteiger partial charge in [0, 0.05) is 17.6 Å². The van der Waals surface area contributed by atoms with Crippen molar-refractivity contribution in [2.75, 3.05) is 18.5 Å². The smallest absolute Gasteiger partial charge is 0.143 e. The maximum absolute atomic E-state index is 13.3. The number of halogens is 2. The number of aliphatic hydroxyl groups is 1. The van der Waals surface area contributed by atoms with E-state index >= 15 is 0 Å². The topological polar surface area (TPSA) is 32.3 Å². The molecule has 2 rings (SSSR count). The zero-order valence-electron chi connectivity index (χ0n) is 10.4. The molecule has 0 radical (unpaired) electrons. The molecule has 0 unspecified atom stereocenters. The Kier molecular flexibility index (Phi) is 4.46. The Bertz CT molecular complexity index is 405. The van der Waals surface area contributed by atoms with E-state index in [1.165, 1.54) is 12.5 Å². The minimum atomic E-state index is -0.414. The number of hydrogen-bond donors (Lipinski definition) is 2. The molecular formula is C14H19ClFNO. The molecule has 100 valence electrons. The van der Waals surface area contributed by atoms with Crippen LogP contribution in [-0.2, 0) is 0 Å². The summed E-state index contributed by atoms with van der Waals surface area (Å²) in [4.78, 5) is 0. The SMILES string of the molecule is OCC1(CNc2ccc(Cl)c(F)c2)CCCCC1. The molecule has 1 aliphatic rings. The summed E-state index contributed by atoms with van der Waals surface area (Å²) in [6, 6.07) is 4.71. The maximum atomic E-state index is 13.3. The number of hydrogen-bond acceptors (Lipinski definition) is 2. The van der Waals surface area contributed by atoms with E-state index in [4.69, 9.17) is 11.6 Å². The lowest BCUT2D eigenvalue weighted by atomic mass is 9.74. The highest BCUT2D eigenvalue weighted by Gasteiger charge is 2.31. The molecule has 0 bridgehead atoms. The maximum Gasteiger partial charge on any atom is 0.143 e. The highest BCUT2D eigenvalue weighted by Crippen LogP contribution is 2.36. The van der Waals surface area contributed by atoms with Crippen molar-refractivity contribution in [1.29, 1.82) is 0 Å². The van der Waals surface area contributed by atoms with Crippen molar-refractivity contribution in [2.45, 2.75) is 32.1 Å². The van der Waals surface area contributed by atoms with Crippen molar-refractivity contribution >= 4 is 17.3 Å². The van der Waals surface area contributed by atoms with Crippen molar-refractivity contribution in [3.63, 3.8) is 0 Å². The van der Waals surface area contributed by atoms with Crippen LogP contribution in [-0.4, -0.2) is 18.3 Å². The molecule has 1 saturated carbocycles. The van der Waals surface area contributed by atoms with Gasteiger partial charge in [0.25, 0.3) is 0 Å². The number of aliphatic hydroxyl groups excluding tert-OH is 1. The van der Waals surface area contributed by atoms with E-state index in [1.54, 1.807) is 12.1 Å². The number of anilines is 1. The van der Waals surface area contributed by atoms with Gasteiger partial charge in [-0.25, -0.2) is 4.39 Å². The summed E-state index contributed by atoms with van der Waals surface area (Å²) in [5.74, 6) is -0.414. The molecule has 2 N–H and O–H groups in total. The second kappa shape index (κ2) is 5.89. The first-order valence-corrected chi connectivity index (χ1v) is 6.83. The average molecular weight is 272 g/mol. The average Bonchev–Trinajstić information content (AvgIpc) is 2.41. The first kappa shape index (κ1) is 13.6. The van der Waals surface area contributed by atoms with Gasteiger partial charge in [0.15, 0.2) is 0 Å². The van der Waals surface area contributed by atoms with E-state index in [0.29, 0.717) is 6.54 Å². The van der Waals surface area contributed by atoms with Crippen LogP contribution in [0.2, 0.25) is 5.02 Å². The Labute approximate surface area is 112 Å². The molecule has 0 aromatic heterocycles. The molecule has 18 heavy (non-hydrogen) atoms. The Morgan fingerprint density at radius 2 is 2.00 bits per heavy atom. The fourth-order valence-electron chi connectivity index (χ4n) is 2.59. The van der Waals surface area contributed by atoms with Crippen LogP contribution in [0.15, 0.2) is 18.2 Å². The molecule has 0 spiro atoms. The van der Waals surface area contributed by atoms with Crippen LogP contribution in [0, 0.1) is 11.2 Å². The van der Waals surface area contributed by atoms with Gasteiger partial charge in [0.05, 0.1) is 11.6 Å². The summed E-state index contributed by atoms with van der Waals surface area (Å²) in [6.45, 7) is 0.876. The van der Waals surface area contributed by atoms with Crippen molar-refractivity contribution in [3.05, 3.63) is 29.0 Å². The minimum Gasteiger partial charge on any atom is -0.396 e. The van der Waals surface area contributed by atoms with Crippen LogP contribution in [0.4, 0.5) is 10.1 Å². The van der Waals surface area contributed by atoms with Gasteiger partial charge in [-0.15, -0.1) is 0 Å². The van der Waals surface area contributed by atoms with Crippen LogP contribution in [0.5, 0.6) is 0 Å². The van der Waals surface area contributed by atoms with Crippen LogP contribution in [0.1, 0.15) is 32.1 Å². The second-order valence-electron chi connectivity index (χ2n) is 5.20. The van der Waals surface area contributed by atoms with E-state index in [-0.39, 0.29) is 17.0 Å². The van der Waals surface area contributed by atoms with Gasteiger partial charge in [-0.3, -0.25) is 0 Å². The summed E-state index contributed by atoms with van der Waals surface area (Å²) in [7, 11) is 0. The largest absolute Gasteiger partial charge is 0.396 e. The second-order valence-corrected chi connectivity index (χ2v) is 5.61. The lowest BCUT2D eigenvalue weighted by Gasteiger charge is -2.36. The first-order valence-electron chi connectivity index (χ1n) is 6.45. The molecule has 1 aromatic rings. The van der Waals surface area contributed by atoms with Gasteiger partial charge in [0.2, 0.25) is 0 Å². The van der Waals surface area contributed by atoms with Crippen molar-refractivity contribution in [3.8, 4) is 0 Å². The molecule has 0 saturated heterocycles. The summed E-state index contributed by atoms with van der Waals surface area (Å²) in [6.07, 6.45) is 5.64. The van der Waals surface area contributed by atoms with Gasteiger partial charge >= 0.3 is 0 Å². The van der Waals surface area contributed by atoms with Gasteiger partial charge < -0.3 is 10.4 Å². The summed E-state index contributed by atoms with van der Waals surface area (Å²) in [5.41, 5.74) is 0.671. The zero-order valence-corrected chi connectivity index (χ0v) is 11.1. The third-order valence-corrected chi connectivity index (χ3v) is 4.14. The molecule has 4 heteroatoms. The Morgan fingerprint density at radius 1 is 1.28 bits per heavy atom. The van der Waals surface area contributed by atoms with E-state index in [9.17, 15) is 9.50 Å². The quantitative estimate of drug-likeness (QED) is 0.872. The minimum absolute atomic E-state index is 0.0473. The summed E-state index contributed by atoms with van der Waals surface area (Å²) >= 11 is 5.64. The van der Waals surface area contributed by atoms with Crippen molar-refractivity contribution in [2.24, 2.45) is 5.41 Å². The summed E-state index contributed by atoms with van der Waals surface area (Å²) < 4.78 is 13.3. The van der Waals surface area contributed by atoms with Crippen LogP contribution < -0.4 is 5.32 Å². The van der Waals surface area contributed by atoms with Gasteiger partial charge in [-0.05, 0) is 31.0 Å². The van der Waals surface area contributed by atoms with Crippen molar-refractivity contribution < 1.29 is 9.50 Å². The third-order valence-electron chi connectivity index (χ3n) is 3.84. The molecule has 0 amide bonds. The van der Waals surface area contributed by atoms with E-state index < -0.39 is 5.82 Å². The lowest BCUT2D eigenvalue weighted by Crippen LogP contribution is -2.35. The number of benzene rings is 1. The monoisotopic (exact) mass is 271 g/mol. The Hall–Kier alpha value is -0.800. The normalized spacial score (nSPS) is 18.6. The molecule has 0 aliphatic heterocycles. The fraction of sp³-hybridized carbons (Fsp3) is 0.571. The standard InChI is InChI=1S/C14H19ClFNO/c15-12-5-4-11(8-13(12)16)17-9-14(10-18)6-2-1-3-7-14/h4-5,8,17-18H,1-3,6-7,9-10H2. The van der Waals surface area contributed by atoms with Crippen LogP contribution >= 0.6 is 11.6 Å². The molecular weight excluding hydrogens is 253 g/mol. The molecule has 1 aliphatic carbocycles. The predicted molar refractivity (Wildman–Crippen MR) is 72.5 cm³/mol. The fourth-order valence-corrected chi connectivity index (χ4v) is 2.71. The Morgan fingerprint density at radius 3 is 2.61 bits per heavy atom. The highest BCUT2D eigenvalue weighted by molar-refractivity contribution is 6.30. The van der Waals surface area contributed by atoms with Gasteiger partial charge in [-0.1, -0.05) is 30.9 Å². The summed E-state index contributed by atoms with van der Waals surface area (Å²) in [5, 5.41) is 12.9. The first-order chi connectivity index (χ1) is 8.65. The van der Waals surface area contributed by atoms with Crippen molar-refractivity contribution in [1.82, 2.24) is 0 Å².